The van der Waals surface area contributed by atoms with Crippen molar-refractivity contribution in [1.82, 2.24) is 9.97 Å². The van der Waals surface area contributed by atoms with Crippen molar-refractivity contribution in [2.24, 2.45) is 5.92 Å². The number of carboxylic acid groups (broad SMARTS) is 1. The van der Waals surface area contributed by atoms with Crippen LogP contribution in [0.5, 0.6) is 5.88 Å². The highest BCUT2D eigenvalue weighted by molar-refractivity contribution is 5.76. The highest BCUT2D eigenvalue weighted by Gasteiger charge is 2.22. The maximum Gasteiger partial charge on any atom is 0.326 e. The molecule has 0 spiro atoms. The molecule has 1 heterocycles. The second-order valence-electron chi connectivity index (χ2n) is 5.04. The van der Waals surface area contributed by atoms with E-state index in [-0.39, 0.29) is 18.0 Å². The lowest BCUT2D eigenvalue weighted by Crippen LogP contribution is -2.35. The number of rotatable bonds is 6. The zero-order valence-corrected chi connectivity index (χ0v) is 12.0. The van der Waals surface area contributed by atoms with Crippen LogP contribution in [-0.4, -0.2) is 33.2 Å². The first-order chi connectivity index (χ1) is 8.79. The first kappa shape index (κ1) is 15.2. The van der Waals surface area contributed by atoms with Crippen molar-refractivity contribution in [3.63, 3.8) is 0 Å². The van der Waals surface area contributed by atoms with Gasteiger partial charge in [0.05, 0.1) is 6.10 Å². The van der Waals surface area contributed by atoms with Crippen molar-refractivity contribution >= 4 is 11.9 Å². The van der Waals surface area contributed by atoms with E-state index in [4.69, 9.17) is 9.84 Å². The SMILES string of the molecule is Cc1cc(OC(C)C)nc(NC(C(=O)O)C(C)C)n1. The largest absolute Gasteiger partial charge is 0.480 e. The molecule has 1 aromatic heterocycles. The summed E-state index contributed by atoms with van der Waals surface area (Å²) >= 11 is 0. The number of nitrogens with zero attached hydrogens (tertiary/aromatic N) is 2. The van der Waals surface area contributed by atoms with E-state index in [0.717, 1.165) is 5.69 Å². The van der Waals surface area contributed by atoms with Crippen molar-refractivity contribution in [2.75, 3.05) is 5.32 Å². The zero-order valence-electron chi connectivity index (χ0n) is 12.0. The van der Waals surface area contributed by atoms with E-state index in [2.05, 4.69) is 15.3 Å². The molecule has 0 saturated heterocycles. The molecule has 0 aliphatic carbocycles. The maximum absolute atomic E-state index is 11.1. The quantitative estimate of drug-likeness (QED) is 0.821. The van der Waals surface area contributed by atoms with Gasteiger partial charge in [0.25, 0.3) is 0 Å². The number of aliphatic carboxylic acids is 1. The van der Waals surface area contributed by atoms with Crippen LogP contribution >= 0.6 is 0 Å². The van der Waals surface area contributed by atoms with Gasteiger partial charge in [0.2, 0.25) is 11.8 Å². The lowest BCUT2D eigenvalue weighted by atomic mass is 10.1. The van der Waals surface area contributed by atoms with E-state index in [0.29, 0.717) is 5.88 Å². The number of carboxylic acids is 1. The molecule has 0 aromatic carbocycles. The van der Waals surface area contributed by atoms with Gasteiger partial charge in [-0.1, -0.05) is 13.8 Å². The van der Waals surface area contributed by atoms with E-state index < -0.39 is 12.0 Å². The van der Waals surface area contributed by atoms with E-state index in [1.54, 1.807) is 6.07 Å². The Morgan fingerprint density at radius 1 is 1.32 bits per heavy atom. The Morgan fingerprint density at radius 2 is 1.95 bits per heavy atom. The summed E-state index contributed by atoms with van der Waals surface area (Å²) in [7, 11) is 0. The van der Waals surface area contributed by atoms with Gasteiger partial charge in [-0.3, -0.25) is 0 Å². The van der Waals surface area contributed by atoms with Gasteiger partial charge in [0, 0.05) is 11.8 Å². The molecule has 2 N–H and O–H groups in total. The molecule has 0 amide bonds. The van der Waals surface area contributed by atoms with Crippen LogP contribution in [0.2, 0.25) is 0 Å². The van der Waals surface area contributed by atoms with Gasteiger partial charge in [-0.25, -0.2) is 9.78 Å². The minimum atomic E-state index is -0.925. The summed E-state index contributed by atoms with van der Waals surface area (Å²) in [6.07, 6.45) is 0.00233. The minimum absolute atomic E-state index is 0.00233. The molecule has 1 unspecified atom stereocenters. The van der Waals surface area contributed by atoms with Crippen molar-refractivity contribution < 1.29 is 14.6 Å². The Hall–Kier alpha value is -1.85. The summed E-state index contributed by atoms with van der Waals surface area (Å²) in [5.41, 5.74) is 0.723. The van der Waals surface area contributed by atoms with Crippen LogP contribution in [0.25, 0.3) is 0 Å². The van der Waals surface area contributed by atoms with Gasteiger partial charge in [-0.05, 0) is 26.7 Å². The summed E-state index contributed by atoms with van der Waals surface area (Å²) in [6.45, 7) is 9.27. The smallest absolute Gasteiger partial charge is 0.326 e. The number of anilines is 1. The molecule has 0 radical (unpaired) electrons. The molecule has 106 valence electrons. The number of hydrogen-bond acceptors (Lipinski definition) is 5. The van der Waals surface area contributed by atoms with Crippen molar-refractivity contribution in [3.8, 4) is 5.88 Å². The minimum Gasteiger partial charge on any atom is -0.480 e. The third-order valence-electron chi connectivity index (χ3n) is 2.40. The third-order valence-corrected chi connectivity index (χ3v) is 2.40. The summed E-state index contributed by atoms with van der Waals surface area (Å²) < 4.78 is 5.50. The molecule has 0 bridgehead atoms. The van der Waals surface area contributed by atoms with Gasteiger partial charge in [-0.15, -0.1) is 0 Å². The Balaban J connectivity index is 2.93. The lowest BCUT2D eigenvalue weighted by Gasteiger charge is -2.18. The van der Waals surface area contributed by atoms with Crippen molar-refractivity contribution in [2.45, 2.75) is 46.8 Å². The Kier molecular flexibility index (Phi) is 5.09. The van der Waals surface area contributed by atoms with Gasteiger partial charge in [0.1, 0.15) is 6.04 Å². The fraction of sp³-hybridized carbons (Fsp3) is 0.615. The van der Waals surface area contributed by atoms with Gasteiger partial charge in [0.15, 0.2) is 0 Å². The molecule has 1 aromatic rings. The van der Waals surface area contributed by atoms with Crippen LogP contribution in [0, 0.1) is 12.8 Å². The van der Waals surface area contributed by atoms with Crippen LogP contribution in [0.3, 0.4) is 0 Å². The fourth-order valence-electron chi connectivity index (χ4n) is 1.56. The Morgan fingerprint density at radius 3 is 2.42 bits per heavy atom. The predicted octanol–water partition coefficient (Wildman–Crippen LogP) is 2.09. The number of hydrogen-bond donors (Lipinski definition) is 2. The van der Waals surface area contributed by atoms with Crippen LogP contribution < -0.4 is 10.1 Å². The topological polar surface area (TPSA) is 84.3 Å². The molecular formula is C13H21N3O3. The molecule has 0 aliphatic rings. The Bertz CT molecular complexity index is 447. The number of nitrogens with one attached hydrogen (secondary N) is 1. The third kappa shape index (κ3) is 4.73. The van der Waals surface area contributed by atoms with Crippen LogP contribution in [0.1, 0.15) is 33.4 Å². The van der Waals surface area contributed by atoms with Gasteiger partial charge in [-0.2, -0.15) is 4.98 Å². The highest BCUT2D eigenvalue weighted by Crippen LogP contribution is 2.16. The molecule has 1 rings (SSSR count). The monoisotopic (exact) mass is 267 g/mol. The fourth-order valence-corrected chi connectivity index (χ4v) is 1.56. The normalized spacial score (nSPS) is 12.6. The van der Waals surface area contributed by atoms with Crippen LogP contribution in [0.4, 0.5) is 5.95 Å². The summed E-state index contributed by atoms with van der Waals surface area (Å²) in [5, 5.41) is 12.0. The van der Waals surface area contributed by atoms with Crippen molar-refractivity contribution in [1.29, 1.82) is 0 Å². The molecule has 1 atom stereocenters. The number of ether oxygens (including phenoxy) is 1. The van der Waals surface area contributed by atoms with Gasteiger partial charge >= 0.3 is 5.97 Å². The molecule has 6 heteroatoms. The summed E-state index contributed by atoms with van der Waals surface area (Å²) in [6, 6.07) is 0.991. The zero-order chi connectivity index (χ0) is 14.6. The average Bonchev–Trinajstić information content (AvgIpc) is 2.23. The second-order valence-corrected chi connectivity index (χ2v) is 5.04. The predicted molar refractivity (Wildman–Crippen MR) is 72.4 cm³/mol. The molecule has 0 saturated carbocycles. The van der Waals surface area contributed by atoms with Crippen LogP contribution in [-0.2, 0) is 4.79 Å². The molecule has 6 nitrogen and oxygen atoms in total. The van der Waals surface area contributed by atoms with E-state index in [9.17, 15) is 4.79 Å². The molecular weight excluding hydrogens is 246 g/mol. The first-order valence-electron chi connectivity index (χ1n) is 6.31. The van der Waals surface area contributed by atoms with Gasteiger partial charge < -0.3 is 15.2 Å². The molecule has 0 fully saturated rings. The van der Waals surface area contributed by atoms with E-state index in [1.807, 2.05) is 34.6 Å². The molecule has 0 aliphatic heterocycles. The second kappa shape index (κ2) is 6.36. The first-order valence-corrected chi connectivity index (χ1v) is 6.31. The Labute approximate surface area is 113 Å². The lowest BCUT2D eigenvalue weighted by molar-refractivity contribution is -0.138. The summed E-state index contributed by atoms with van der Waals surface area (Å²) in [4.78, 5) is 19.5. The average molecular weight is 267 g/mol. The maximum atomic E-state index is 11.1. The van der Waals surface area contributed by atoms with Crippen molar-refractivity contribution in [3.05, 3.63) is 11.8 Å². The summed E-state index contributed by atoms with van der Waals surface area (Å²) in [5.74, 6) is -0.280. The van der Waals surface area contributed by atoms with E-state index in [1.165, 1.54) is 0 Å². The highest BCUT2D eigenvalue weighted by atomic mass is 16.5. The van der Waals surface area contributed by atoms with E-state index >= 15 is 0 Å². The van der Waals surface area contributed by atoms with Crippen LogP contribution in [0.15, 0.2) is 6.07 Å². The number of aryl methyl sites for hydroxylation is 1. The number of carbonyl (C=O) groups is 1. The standard InChI is InChI=1S/C13H21N3O3/c1-7(2)11(12(17)18)16-13-14-9(5)6-10(15-13)19-8(3)4/h6-8,11H,1-5H3,(H,17,18)(H,14,15,16). The number of aromatic nitrogens is 2. The molecule has 19 heavy (non-hydrogen) atoms.